The van der Waals surface area contributed by atoms with E-state index >= 15 is 0 Å². The smallest absolute Gasteiger partial charge is 0.236 e. The molecule has 4 aromatic rings. The van der Waals surface area contributed by atoms with Crippen molar-refractivity contribution in [3.63, 3.8) is 0 Å². The molecular formula is C27H26N2O3. The van der Waals surface area contributed by atoms with Crippen molar-refractivity contribution in [2.75, 3.05) is 20.2 Å². The topological polar surface area (TPSA) is 58.7 Å². The number of oxazole rings is 1. The van der Waals surface area contributed by atoms with E-state index < -0.39 is 5.60 Å². The molecule has 32 heavy (non-hydrogen) atoms. The summed E-state index contributed by atoms with van der Waals surface area (Å²) in [5.41, 5.74) is 3.41. The molecule has 0 atom stereocenters. The minimum absolute atomic E-state index is 0.300. The lowest BCUT2D eigenvalue weighted by Gasteiger charge is -2.22. The molecule has 5 rings (SSSR count). The first-order valence-corrected chi connectivity index (χ1v) is 10.8. The van der Waals surface area contributed by atoms with Gasteiger partial charge in [0.05, 0.1) is 12.7 Å². The molecule has 0 saturated heterocycles. The summed E-state index contributed by atoms with van der Waals surface area (Å²) in [5, 5.41) is 11.8. The number of hydrogen-bond donors (Lipinski definition) is 1. The van der Waals surface area contributed by atoms with Gasteiger partial charge in [-0.15, -0.1) is 0 Å². The van der Waals surface area contributed by atoms with Crippen LogP contribution < -0.4 is 4.74 Å². The molecule has 5 nitrogen and oxygen atoms in total. The van der Waals surface area contributed by atoms with Gasteiger partial charge in [0.1, 0.15) is 18.1 Å². The van der Waals surface area contributed by atoms with E-state index in [1.54, 1.807) is 6.20 Å². The number of nitrogens with zero attached hydrogens (tertiary/aromatic N) is 2. The van der Waals surface area contributed by atoms with Crippen molar-refractivity contribution in [3.8, 4) is 16.9 Å². The number of likely N-dealkylation sites (N-methyl/N-ethyl adjacent to an activating group) is 1. The van der Waals surface area contributed by atoms with E-state index in [1.165, 1.54) is 5.56 Å². The van der Waals surface area contributed by atoms with Gasteiger partial charge in [-0.3, -0.25) is 4.90 Å². The monoisotopic (exact) mass is 426 g/mol. The third-order valence-electron chi connectivity index (χ3n) is 5.94. The first kappa shape index (κ1) is 20.5. The van der Waals surface area contributed by atoms with Crippen molar-refractivity contribution in [1.29, 1.82) is 0 Å². The number of ether oxygens (including phenoxy) is 1. The second-order valence-corrected chi connectivity index (χ2v) is 8.34. The number of aryl methyl sites for hydroxylation is 1. The Labute approximate surface area is 187 Å². The van der Waals surface area contributed by atoms with E-state index in [4.69, 9.17) is 9.15 Å². The third kappa shape index (κ3) is 3.60. The molecule has 1 N–H and O–H groups in total. The number of fused-ring (bicyclic) bond motifs is 3. The number of hydrogen-bond acceptors (Lipinski definition) is 5. The van der Waals surface area contributed by atoms with Crippen LogP contribution in [0.1, 0.15) is 28.3 Å². The van der Waals surface area contributed by atoms with Gasteiger partial charge in [0.15, 0.2) is 5.60 Å². The minimum atomic E-state index is -1.39. The summed E-state index contributed by atoms with van der Waals surface area (Å²) in [7, 11) is 2.01. The van der Waals surface area contributed by atoms with Gasteiger partial charge >= 0.3 is 0 Å². The second kappa shape index (κ2) is 8.26. The molecule has 0 bridgehead atoms. The SMILES string of the molecule is Cc1cccc(OCCN(C)Cc2cnc(C3(O)c4ccccc4-c4ccccc43)o2)c1. The molecular weight excluding hydrogens is 400 g/mol. The summed E-state index contributed by atoms with van der Waals surface area (Å²) in [6.45, 7) is 3.94. The Morgan fingerprint density at radius 3 is 2.34 bits per heavy atom. The van der Waals surface area contributed by atoms with Crippen molar-refractivity contribution in [3.05, 3.63) is 107 Å². The highest BCUT2D eigenvalue weighted by Crippen LogP contribution is 2.50. The highest BCUT2D eigenvalue weighted by Gasteiger charge is 2.46. The van der Waals surface area contributed by atoms with Crippen LogP contribution in [0.25, 0.3) is 11.1 Å². The summed E-state index contributed by atoms with van der Waals surface area (Å²) < 4.78 is 11.9. The van der Waals surface area contributed by atoms with Crippen LogP contribution in [0.5, 0.6) is 5.75 Å². The summed E-state index contributed by atoms with van der Waals surface area (Å²) in [6, 6.07) is 23.8. The Hall–Kier alpha value is -3.41. The van der Waals surface area contributed by atoms with Gasteiger partial charge in [-0.2, -0.15) is 0 Å². The molecule has 0 radical (unpaired) electrons. The summed E-state index contributed by atoms with van der Waals surface area (Å²) in [6.07, 6.45) is 1.70. The van der Waals surface area contributed by atoms with Crippen LogP contribution in [0.4, 0.5) is 0 Å². The first-order valence-electron chi connectivity index (χ1n) is 10.8. The van der Waals surface area contributed by atoms with Gasteiger partial charge in [0.2, 0.25) is 5.89 Å². The molecule has 0 saturated carbocycles. The molecule has 0 aliphatic heterocycles. The minimum Gasteiger partial charge on any atom is -0.492 e. The zero-order valence-corrected chi connectivity index (χ0v) is 18.3. The quantitative estimate of drug-likeness (QED) is 0.462. The fourth-order valence-electron chi connectivity index (χ4n) is 4.36. The van der Waals surface area contributed by atoms with E-state index in [0.29, 0.717) is 24.8 Å². The Morgan fingerprint density at radius 1 is 0.969 bits per heavy atom. The molecule has 1 heterocycles. The molecule has 162 valence electrons. The van der Waals surface area contributed by atoms with Crippen LogP contribution >= 0.6 is 0 Å². The molecule has 1 aliphatic carbocycles. The van der Waals surface area contributed by atoms with Gasteiger partial charge in [0.25, 0.3) is 0 Å². The standard InChI is InChI=1S/C27H26N2O3/c1-19-8-7-9-20(16-19)31-15-14-29(2)18-21-17-28-26(32-21)27(30)24-12-5-3-10-22(24)23-11-4-6-13-25(23)27/h3-13,16-17,30H,14-15,18H2,1-2H3. The summed E-state index contributed by atoms with van der Waals surface area (Å²) in [4.78, 5) is 6.60. The third-order valence-corrected chi connectivity index (χ3v) is 5.94. The molecule has 1 aliphatic rings. The van der Waals surface area contributed by atoms with Crippen molar-refractivity contribution in [2.24, 2.45) is 0 Å². The Bertz CT molecular complexity index is 1200. The van der Waals surface area contributed by atoms with Crippen LogP contribution in [0.3, 0.4) is 0 Å². The molecule has 0 spiro atoms. The van der Waals surface area contributed by atoms with Crippen LogP contribution in [-0.2, 0) is 12.1 Å². The van der Waals surface area contributed by atoms with Crippen LogP contribution in [0.2, 0.25) is 0 Å². The number of benzene rings is 3. The Kier molecular flexibility index (Phi) is 5.29. The first-order chi connectivity index (χ1) is 15.6. The zero-order valence-electron chi connectivity index (χ0n) is 18.3. The van der Waals surface area contributed by atoms with Gasteiger partial charge in [-0.05, 0) is 42.8 Å². The average molecular weight is 427 g/mol. The van der Waals surface area contributed by atoms with E-state index in [9.17, 15) is 5.11 Å². The van der Waals surface area contributed by atoms with Crippen LogP contribution in [0, 0.1) is 6.92 Å². The largest absolute Gasteiger partial charge is 0.492 e. The van der Waals surface area contributed by atoms with Crippen molar-refractivity contribution >= 4 is 0 Å². The number of rotatable bonds is 7. The van der Waals surface area contributed by atoms with Crippen molar-refractivity contribution in [1.82, 2.24) is 9.88 Å². The highest BCUT2D eigenvalue weighted by molar-refractivity contribution is 5.81. The van der Waals surface area contributed by atoms with E-state index in [0.717, 1.165) is 34.5 Å². The molecule has 0 unspecified atom stereocenters. The predicted molar refractivity (Wildman–Crippen MR) is 123 cm³/mol. The maximum atomic E-state index is 11.8. The number of aromatic nitrogens is 1. The molecule has 3 aromatic carbocycles. The van der Waals surface area contributed by atoms with E-state index in [1.807, 2.05) is 73.8 Å². The second-order valence-electron chi connectivity index (χ2n) is 8.34. The van der Waals surface area contributed by atoms with Gasteiger partial charge in [0, 0.05) is 17.7 Å². The fraction of sp³-hybridized carbons (Fsp3) is 0.222. The average Bonchev–Trinajstić information content (AvgIpc) is 3.37. The summed E-state index contributed by atoms with van der Waals surface area (Å²) in [5.74, 6) is 1.88. The molecule has 1 aromatic heterocycles. The van der Waals surface area contributed by atoms with Crippen molar-refractivity contribution < 1.29 is 14.3 Å². The lowest BCUT2D eigenvalue weighted by Crippen LogP contribution is -2.26. The lowest BCUT2D eigenvalue weighted by molar-refractivity contribution is 0.0942. The Morgan fingerprint density at radius 2 is 1.66 bits per heavy atom. The van der Waals surface area contributed by atoms with E-state index in [-0.39, 0.29) is 0 Å². The zero-order chi connectivity index (χ0) is 22.1. The van der Waals surface area contributed by atoms with Gasteiger partial charge in [-0.1, -0.05) is 60.7 Å². The summed E-state index contributed by atoms with van der Waals surface area (Å²) >= 11 is 0. The maximum absolute atomic E-state index is 11.8. The van der Waals surface area contributed by atoms with Crippen molar-refractivity contribution in [2.45, 2.75) is 19.1 Å². The van der Waals surface area contributed by atoms with Gasteiger partial charge < -0.3 is 14.3 Å². The maximum Gasteiger partial charge on any atom is 0.236 e. The Balaban J connectivity index is 1.31. The molecule has 5 heteroatoms. The number of aliphatic hydroxyl groups is 1. The highest BCUT2D eigenvalue weighted by atomic mass is 16.5. The van der Waals surface area contributed by atoms with Crippen LogP contribution in [0.15, 0.2) is 83.4 Å². The fourth-order valence-corrected chi connectivity index (χ4v) is 4.36. The predicted octanol–water partition coefficient (Wildman–Crippen LogP) is 4.76. The lowest BCUT2D eigenvalue weighted by atomic mass is 9.91. The molecule has 0 amide bonds. The van der Waals surface area contributed by atoms with E-state index in [2.05, 4.69) is 22.9 Å². The van der Waals surface area contributed by atoms with Gasteiger partial charge in [-0.25, -0.2) is 4.98 Å². The molecule has 0 fully saturated rings. The normalized spacial score (nSPS) is 13.8. The van der Waals surface area contributed by atoms with Crippen LogP contribution in [-0.4, -0.2) is 35.2 Å².